The van der Waals surface area contributed by atoms with Gasteiger partial charge in [-0.1, -0.05) is 25.0 Å². The van der Waals surface area contributed by atoms with Gasteiger partial charge in [0.25, 0.3) is 0 Å². The van der Waals surface area contributed by atoms with Gasteiger partial charge in [-0.15, -0.1) is 0 Å². The molecule has 0 saturated heterocycles. The highest BCUT2D eigenvalue weighted by Crippen LogP contribution is 2.40. The van der Waals surface area contributed by atoms with Gasteiger partial charge in [0.15, 0.2) is 0 Å². The fraction of sp³-hybridized carbons (Fsp3) is 0.800. The van der Waals surface area contributed by atoms with E-state index in [0.29, 0.717) is 0 Å². The average Bonchev–Trinajstić information content (AvgIpc) is 2.10. The van der Waals surface area contributed by atoms with E-state index in [1.807, 2.05) is 0 Å². The molecule has 0 spiro atoms. The van der Waals surface area contributed by atoms with Crippen molar-refractivity contribution in [3.05, 3.63) is 11.6 Å². The highest BCUT2D eigenvalue weighted by Gasteiger charge is 2.25. The van der Waals surface area contributed by atoms with Crippen molar-refractivity contribution in [3.8, 4) is 0 Å². The Morgan fingerprint density at radius 1 is 1.40 bits per heavy atom. The van der Waals surface area contributed by atoms with Crippen LogP contribution in [-0.4, -0.2) is 0 Å². The maximum Gasteiger partial charge on any atom is -0.0200 e. The van der Waals surface area contributed by atoms with Gasteiger partial charge in [-0.2, -0.15) is 0 Å². The van der Waals surface area contributed by atoms with E-state index in [1.54, 1.807) is 5.57 Å². The predicted molar refractivity (Wildman–Crippen MR) is 43.8 cm³/mol. The number of hydrogen-bond acceptors (Lipinski definition) is 0. The molecule has 0 aromatic rings. The van der Waals surface area contributed by atoms with Gasteiger partial charge in [-0.05, 0) is 37.5 Å². The largest absolute Gasteiger partial charge is 0.0847 e. The molecule has 0 amide bonds. The molecule has 2 aliphatic carbocycles. The summed E-state index contributed by atoms with van der Waals surface area (Å²) in [6, 6.07) is 0. The fourth-order valence-corrected chi connectivity index (χ4v) is 2.23. The van der Waals surface area contributed by atoms with Crippen LogP contribution in [-0.2, 0) is 0 Å². The van der Waals surface area contributed by atoms with Gasteiger partial charge in [-0.25, -0.2) is 0 Å². The molecule has 0 bridgehead atoms. The molecular formula is C10H16. The minimum atomic E-state index is 1.00. The van der Waals surface area contributed by atoms with Gasteiger partial charge in [-0.3, -0.25) is 0 Å². The van der Waals surface area contributed by atoms with Crippen molar-refractivity contribution in [1.82, 2.24) is 0 Å². The Hall–Kier alpha value is -0.260. The van der Waals surface area contributed by atoms with Crippen LogP contribution in [0.4, 0.5) is 0 Å². The lowest BCUT2D eigenvalue weighted by Crippen LogP contribution is -2.05. The Morgan fingerprint density at radius 2 is 2.20 bits per heavy atom. The summed E-state index contributed by atoms with van der Waals surface area (Å²) in [4.78, 5) is 0. The van der Waals surface area contributed by atoms with Gasteiger partial charge in [0.1, 0.15) is 0 Å². The molecule has 2 aliphatic rings. The minimum absolute atomic E-state index is 1.00. The van der Waals surface area contributed by atoms with Crippen molar-refractivity contribution in [1.29, 1.82) is 0 Å². The second-order valence-corrected chi connectivity index (χ2v) is 3.93. The Morgan fingerprint density at radius 3 is 2.60 bits per heavy atom. The van der Waals surface area contributed by atoms with Crippen molar-refractivity contribution in [2.75, 3.05) is 0 Å². The molecule has 10 heavy (non-hydrogen) atoms. The SMILES string of the molecule is CC1CCC(C2=CCC2)C1. The van der Waals surface area contributed by atoms with Crippen LogP contribution < -0.4 is 0 Å². The third-order valence-electron chi connectivity index (χ3n) is 3.06. The van der Waals surface area contributed by atoms with Crippen LogP contribution in [0.2, 0.25) is 0 Å². The quantitative estimate of drug-likeness (QED) is 0.486. The summed E-state index contributed by atoms with van der Waals surface area (Å²) in [6.07, 6.45) is 9.65. The molecule has 2 atom stereocenters. The maximum atomic E-state index is 2.45. The third-order valence-corrected chi connectivity index (χ3v) is 3.06. The van der Waals surface area contributed by atoms with E-state index in [-0.39, 0.29) is 0 Å². The second-order valence-electron chi connectivity index (χ2n) is 3.93. The van der Waals surface area contributed by atoms with Crippen LogP contribution in [0.15, 0.2) is 11.6 Å². The van der Waals surface area contributed by atoms with Gasteiger partial charge in [0.05, 0.1) is 0 Å². The lowest BCUT2D eigenvalue weighted by atomic mass is 9.85. The molecule has 1 fully saturated rings. The predicted octanol–water partition coefficient (Wildman–Crippen LogP) is 3.14. The number of allylic oxidation sites excluding steroid dienone is 2. The lowest BCUT2D eigenvalue weighted by Gasteiger charge is -2.20. The molecule has 0 aromatic heterocycles. The second kappa shape index (κ2) is 2.41. The van der Waals surface area contributed by atoms with Crippen molar-refractivity contribution >= 4 is 0 Å². The van der Waals surface area contributed by atoms with Gasteiger partial charge in [0, 0.05) is 0 Å². The molecule has 0 aliphatic heterocycles. The highest BCUT2D eigenvalue weighted by molar-refractivity contribution is 5.16. The van der Waals surface area contributed by atoms with Crippen molar-refractivity contribution in [2.24, 2.45) is 11.8 Å². The van der Waals surface area contributed by atoms with Crippen LogP contribution in [0.1, 0.15) is 39.0 Å². The first kappa shape index (κ1) is 6.45. The molecule has 56 valence electrons. The van der Waals surface area contributed by atoms with Crippen molar-refractivity contribution < 1.29 is 0 Å². The summed E-state index contributed by atoms with van der Waals surface area (Å²) in [7, 11) is 0. The van der Waals surface area contributed by atoms with E-state index in [1.165, 1.54) is 32.1 Å². The summed E-state index contributed by atoms with van der Waals surface area (Å²) in [5.74, 6) is 2.01. The summed E-state index contributed by atoms with van der Waals surface area (Å²) in [6.45, 7) is 2.39. The Bertz CT molecular complexity index is 155. The summed E-state index contributed by atoms with van der Waals surface area (Å²) >= 11 is 0. The first-order chi connectivity index (χ1) is 4.86. The molecule has 0 nitrogen and oxygen atoms in total. The van der Waals surface area contributed by atoms with E-state index >= 15 is 0 Å². The summed E-state index contributed by atoms with van der Waals surface area (Å²) in [5, 5.41) is 0. The smallest absolute Gasteiger partial charge is 0.0200 e. The molecule has 0 N–H and O–H groups in total. The van der Waals surface area contributed by atoms with E-state index < -0.39 is 0 Å². The van der Waals surface area contributed by atoms with Crippen molar-refractivity contribution in [2.45, 2.75) is 39.0 Å². The van der Waals surface area contributed by atoms with Gasteiger partial charge < -0.3 is 0 Å². The zero-order chi connectivity index (χ0) is 6.97. The number of hydrogen-bond donors (Lipinski definition) is 0. The van der Waals surface area contributed by atoms with E-state index in [0.717, 1.165) is 11.8 Å². The molecule has 2 rings (SSSR count). The summed E-state index contributed by atoms with van der Waals surface area (Å²) < 4.78 is 0. The Balaban J connectivity index is 1.94. The molecule has 0 aromatic carbocycles. The molecule has 0 heterocycles. The van der Waals surface area contributed by atoms with Crippen LogP contribution in [0.5, 0.6) is 0 Å². The van der Waals surface area contributed by atoms with Crippen LogP contribution in [0.3, 0.4) is 0 Å². The van der Waals surface area contributed by atoms with Crippen LogP contribution >= 0.6 is 0 Å². The highest BCUT2D eigenvalue weighted by atomic mass is 14.3. The standard InChI is InChI=1S/C10H16/c1-8-5-6-10(7-8)9-3-2-4-9/h3,8,10H,2,4-7H2,1H3. The molecule has 1 saturated carbocycles. The minimum Gasteiger partial charge on any atom is -0.0847 e. The van der Waals surface area contributed by atoms with Crippen LogP contribution in [0.25, 0.3) is 0 Å². The molecular weight excluding hydrogens is 120 g/mol. The van der Waals surface area contributed by atoms with Gasteiger partial charge in [0.2, 0.25) is 0 Å². The Labute approximate surface area is 63.3 Å². The first-order valence-corrected chi connectivity index (χ1v) is 4.55. The first-order valence-electron chi connectivity index (χ1n) is 4.55. The normalized spacial score (nSPS) is 39.1. The summed E-state index contributed by atoms with van der Waals surface area (Å²) in [5.41, 5.74) is 1.78. The zero-order valence-corrected chi connectivity index (χ0v) is 6.77. The van der Waals surface area contributed by atoms with Gasteiger partial charge >= 0.3 is 0 Å². The van der Waals surface area contributed by atoms with Crippen LogP contribution in [0, 0.1) is 11.8 Å². The third kappa shape index (κ3) is 1.00. The topological polar surface area (TPSA) is 0 Å². The fourth-order valence-electron chi connectivity index (χ4n) is 2.23. The molecule has 2 unspecified atom stereocenters. The zero-order valence-electron chi connectivity index (χ0n) is 6.77. The average molecular weight is 136 g/mol. The monoisotopic (exact) mass is 136 g/mol. The lowest BCUT2D eigenvalue weighted by molar-refractivity contribution is 0.542. The molecule has 0 heteroatoms. The van der Waals surface area contributed by atoms with E-state index in [4.69, 9.17) is 0 Å². The van der Waals surface area contributed by atoms with Crippen molar-refractivity contribution in [3.63, 3.8) is 0 Å². The number of rotatable bonds is 1. The maximum absolute atomic E-state index is 2.45. The van der Waals surface area contributed by atoms with E-state index in [2.05, 4.69) is 13.0 Å². The Kier molecular flexibility index (Phi) is 1.55. The van der Waals surface area contributed by atoms with E-state index in [9.17, 15) is 0 Å². The molecule has 0 radical (unpaired) electrons.